The summed E-state index contributed by atoms with van der Waals surface area (Å²) >= 11 is 0. The summed E-state index contributed by atoms with van der Waals surface area (Å²) in [5.74, 6) is -0.166. The van der Waals surface area contributed by atoms with E-state index in [2.05, 4.69) is 20.3 Å². The largest absolute Gasteiger partial charge is 0.490 e. The first-order valence-electron chi connectivity index (χ1n) is 12.1. The highest BCUT2D eigenvalue weighted by Crippen LogP contribution is 2.49. The van der Waals surface area contributed by atoms with Crippen molar-refractivity contribution in [3.05, 3.63) is 30.3 Å². The van der Waals surface area contributed by atoms with Gasteiger partial charge in [-0.05, 0) is 43.4 Å². The molecule has 0 bridgehead atoms. The van der Waals surface area contributed by atoms with Gasteiger partial charge >= 0.3 is 18.3 Å². The summed E-state index contributed by atoms with van der Waals surface area (Å²) < 4.78 is 68.8. The second kappa shape index (κ2) is 12.5. The van der Waals surface area contributed by atoms with Crippen LogP contribution < -0.4 is 15.5 Å². The van der Waals surface area contributed by atoms with Crippen molar-refractivity contribution in [3.8, 4) is 11.4 Å². The number of fused-ring (bicyclic) bond motifs is 1. The van der Waals surface area contributed by atoms with E-state index in [0.717, 1.165) is 23.9 Å². The third-order valence-electron chi connectivity index (χ3n) is 6.50. The van der Waals surface area contributed by atoms with Crippen molar-refractivity contribution in [2.45, 2.75) is 38.0 Å². The number of hydrogen-bond acceptors (Lipinski definition) is 7. The van der Waals surface area contributed by atoms with Crippen molar-refractivity contribution in [2.24, 2.45) is 17.8 Å². The number of carbonyl (C=O) groups is 2. The molecule has 3 N–H and O–H groups in total. The number of aromatic nitrogens is 3. The smallest absolute Gasteiger partial charge is 0.475 e. The Bertz CT molecular complexity index is 1120. The first kappa shape index (κ1) is 29.9. The Balaban J connectivity index is 0.000000532. The maximum Gasteiger partial charge on any atom is 0.490 e. The first-order chi connectivity index (χ1) is 18.2. The number of carbonyl (C=O) groups excluding carboxylic acids is 1. The third-order valence-corrected chi connectivity index (χ3v) is 6.50. The van der Waals surface area contributed by atoms with Gasteiger partial charge < -0.3 is 20.6 Å². The number of benzene rings is 1. The van der Waals surface area contributed by atoms with Crippen LogP contribution in [0.5, 0.6) is 0 Å². The second-order valence-corrected chi connectivity index (χ2v) is 9.52. The fourth-order valence-corrected chi connectivity index (χ4v) is 4.49. The van der Waals surface area contributed by atoms with E-state index in [1.54, 1.807) is 7.05 Å². The van der Waals surface area contributed by atoms with Crippen molar-refractivity contribution in [1.82, 2.24) is 20.3 Å². The summed E-state index contributed by atoms with van der Waals surface area (Å²) in [6.45, 7) is -0.914. The lowest BCUT2D eigenvalue weighted by Crippen LogP contribution is -2.40. The lowest BCUT2D eigenvalue weighted by Gasteiger charge is -2.29. The summed E-state index contributed by atoms with van der Waals surface area (Å²) in [6.07, 6.45) is -4.44. The van der Waals surface area contributed by atoms with Crippen molar-refractivity contribution < 1.29 is 41.0 Å². The zero-order chi connectivity index (χ0) is 28.8. The van der Waals surface area contributed by atoms with Gasteiger partial charge in [-0.1, -0.05) is 30.3 Å². The maximum absolute atomic E-state index is 12.4. The standard InChI is InChI=1S/C22H27F3N6O.C2HF3O2/c1-31(12-18(32)27-13-22(23,24)25)21-29-19(15-5-3-2-4-6-15)28-20(30-21)26-11-14-9-16-7-8-17(16)10-14;3-2(4,5)1(6)7/h2-6,14,16-17H,7-13H2,1H3,(H,27,32)(H,26,28,29,30);(H,6,7)/t14?,16-,17+;. The van der Waals surface area contributed by atoms with Crippen LogP contribution in [-0.4, -0.2) is 71.0 Å². The summed E-state index contributed by atoms with van der Waals surface area (Å²) in [7, 11) is 1.57. The van der Waals surface area contributed by atoms with E-state index in [-0.39, 0.29) is 12.5 Å². The number of halogens is 6. The zero-order valence-electron chi connectivity index (χ0n) is 20.9. The molecule has 0 spiro atoms. The molecule has 2 aliphatic rings. The average molecular weight is 563 g/mol. The van der Waals surface area contributed by atoms with E-state index >= 15 is 0 Å². The van der Waals surface area contributed by atoms with Crippen LogP contribution in [0.25, 0.3) is 11.4 Å². The summed E-state index contributed by atoms with van der Waals surface area (Å²) in [5.41, 5.74) is 0.785. The number of nitrogens with one attached hydrogen (secondary N) is 2. The Labute approximate surface area is 220 Å². The quantitative estimate of drug-likeness (QED) is 0.411. The number of anilines is 2. The molecule has 15 heteroatoms. The van der Waals surface area contributed by atoms with E-state index in [0.29, 0.717) is 17.7 Å². The Kier molecular flexibility index (Phi) is 9.56. The molecule has 2 aromatic rings. The number of rotatable bonds is 8. The molecule has 214 valence electrons. The number of alkyl halides is 6. The molecule has 0 radical (unpaired) electrons. The van der Waals surface area contributed by atoms with Gasteiger partial charge in [0.15, 0.2) is 5.82 Å². The minimum absolute atomic E-state index is 0.218. The predicted octanol–water partition coefficient (Wildman–Crippen LogP) is 4.13. The van der Waals surface area contributed by atoms with E-state index < -0.39 is 30.8 Å². The van der Waals surface area contributed by atoms with Crippen molar-refractivity contribution in [2.75, 3.05) is 36.9 Å². The third kappa shape index (κ3) is 9.25. The van der Waals surface area contributed by atoms with E-state index in [1.165, 1.54) is 30.6 Å². The summed E-state index contributed by atoms with van der Waals surface area (Å²) in [6, 6.07) is 9.36. The lowest BCUT2D eigenvalue weighted by molar-refractivity contribution is -0.192. The zero-order valence-corrected chi connectivity index (χ0v) is 20.9. The van der Waals surface area contributed by atoms with E-state index in [9.17, 15) is 31.1 Å². The van der Waals surface area contributed by atoms with Crippen LogP contribution in [0.3, 0.4) is 0 Å². The average Bonchev–Trinajstić information content (AvgIpc) is 3.14. The number of carboxylic acids is 1. The number of likely N-dealkylation sites (N-methyl/N-ethyl adjacent to an activating group) is 1. The second-order valence-electron chi connectivity index (χ2n) is 9.52. The van der Waals surface area contributed by atoms with Crippen LogP contribution in [-0.2, 0) is 9.59 Å². The van der Waals surface area contributed by atoms with Crippen molar-refractivity contribution in [3.63, 3.8) is 0 Å². The van der Waals surface area contributed by atoms with Gasteiger partial charge in [-0.15, -0.1) is 0 Å². The molecule has 2 aliphatic carbocycles. The van der Waals surface area contributed by atoms with Crippen molar-refractivity contribution >= 4 is 23.8 Å². The minimum Gasteiger partial charge on any atom is -0.475 e. The van der Waals surface area contributed by atoms with Gasteiger partial charge in [0.05, 0.1) is 6.54 Å². The molecule has 2 fully saturated rings. The van der Waals surface area contributed by atoms with Crippen LogP contribution in [0.2, 0.25) is 0 Å². The first-order valence-corrected chi connectivity index (χ1v) is 12.1. The van der Waals surface area contributed by atoms with Gasteiger partial charge in [0.25, 0.3) is 0 Å². The van der Waals surface area contributed by atoms with Gasteiger partial charge in [0.2, 0.25) is 17.8 Å². The highest BCUT2D eigenvalue weighted by Gasteiger charge is 2.40. The molecule has 3 atom stereocenters. The van der Waals surface area contributed by atoms with E-state index in [1.807, 2.05) is 35.6 Å². The van der Waals surface area contributed by atoms with Gasteiger partial charge in [-0.25, -0.2) is 4.79 Å². The minimum atomic E-state index is -5.08. The molecule has 1 amide bonds. The number of amides is 1. The number of carboxylic acid groups (broad SMARTS) is 1. The van der Waals surface area contributed by atoms with Crippen LogP contribution in [0.15, 0.2) is 30.3 Å². The Morgan fingerprint density at radius 1 is 1.00 bits per heavy atom. The molecule has 1 aromatic carbocycles. The molecular weight excluding hydrogens is 534 g/mol. The van der Waals surface area contributed by atoms with Crippen LogP contribution >= 0.6 is 0 Å². The molecular formula is C24H28F6N6O3. The molecule has 2 saturated carbocycles. The number of hydrogen-bond donors (Lipinski definition) is 3. The maximum atomic E-state index is 12.4. The molecule has 9 nitrogen and oxygen atoms in total. The number of aliphatic carboxylic acids is 1. The van der Waals surface area contributed by atoms with Gasteiger partial charge in [-0.3, -0.25) is 4.79 Å². The molecule has 1 aromatic heterocycles. The van der Waals surface area contributed by atoms with Gasteiger partial charge in [-0.2, -0.15) is 41.3 Å². The normalized spacial score (nSPS) is 20.1. The van der Waals surface area contributed by atoms with Crippen LogP contribution in [0.4, 0.5) is 38.2 Å². The molecule has 1 unspecified atom stereocenters. The predicted molar refractivity (Wildman–Crippen MR) is 129 cm³/mol. The van der Waals surface area contributed by atoms with Gasteiger partial charge in [0, 0.05) is 19.2 Å². The van der Waals surface area contributed by atoms with Crippen LogP contribution in [0, 0.1) is 17.8 Å². The molecule has 1 heterocycles. The lowest BCUT2D eigenvalue weighted by atomic mass is 9.77. The Morgan fingerprint density at radius 3 is 2.10 bits per heavy atom. The fraction of sp³-hybridized carbons (Fsp3) is 0.542. The fourth-order valence-electron chi connectivity index (χ4n) is 4.49. The molecule has 39 heavy (non-hydrogen) atoms. The highest BCUT2D eigenvalue weighted by atomic mass is 19.4. The number of nitrogens with zero attached hydrogens (tertiary/aromatic N) is 4. The monoisotopic (exact) mass is 562 g/mol. The molecule has 0 aliphatic heterocycles. The Morgan fingerprint density at radius 2 is 1.59 bits per heavy atom. The highest BCUT2D eigenvalue weighted by molar-refractivity contribution is 5.80. The summed E-state index contributed by atoms with van der Waals surface area (Å²) in [4.78, 5) is 35.7. The molecule has 0 saturated heterocycles. The topological polar surface area (TPSA) is 120 Å². The SMILES string of the molecule is CN(CC(=O)NCC(F)(F)F)c1nc(NCC2C[C@H]3CC[C@H]3C2)nc(-c2ccccc2)n1.O=C(O)C(F)(F)F. The summed E-state index contributed by atoms with van der Waals surface area (Å²) in [5, 5.41) is 12.3. The molecule has 4 rings (SSSR count). The van der Waals surface area contributed by atoms with E-state index in [4.69, 9.17) is 9.90 Å². The Hall–Kier alpha value is -3.65. The van der Waals surface area contributed by atoms with Crippen molar-refractivity contribution in [1.29, 1.82) is 0 Å². The van der Waals surface area contributed by atoms with Crippen LogP contribution in [0.1, 0.15) is 25.7 Å². The van der Waals surface area contributed by atoms with Gasteiger partial charge in [0.1, 0.15) is 6.54 Å².